The Morgan fingerprint density at radius 2 is 2.08 bits per heavy atom. The molecule has 2 saturated carbocycles. The number of piperidine rings is 1. The predicted molar refractivity (Wildman–Crippen MR) is 103 cm³/mol. The van der Waals surface area contributed by atoms with Gasteiger partial charge >= 0.3 is 0 Å². The topological polar surface area (TPSA) is 41.9 Å². The van der Waals surface area contributed by atoms with Crippen molar-refractivity contribution in [2.24, 2.45) is 22.7 Å². The van der Waals surface area contributed by atoms with Gasteiger partial charge in [0.2, 0.25) is 0 Å². The normalized spacial score (nSPS) is 38.5. The lowest BCUT2D eigenvalue weighted by atomic mass is 9.87. The molecule has 4 unspecified atom stereocenters. The molecule has 5 heteroatoms. The van der Waals surface area contributed by atoms with E-state index in [-0.39, 0.29) is 5.91 Å². The van der Waals surface area contributed by atoms with Crippen molar-refractivity contribution in [3.05, 3.63) is 0 Å². The number of nitrogens with zero attached hydrogens (tertiary/aromatic N) is 2. The van der Waals surface area contributed by atoms with E-state index >= 15 is 0 Å². The van der Waals surface area contributed by atoms with Crippen LogP contribution in [-0.4, -0.2) is 47.0 Å². The summed E-state index contributed by atoms with van der Waals surface area (Å²) < 4.78 is 6.02. The van der Waals surface area contributed by atoms with Gasteiger partial charge in [0.05, 0.1) is 11.7 Å². The van der Waals surface area contributed by atoms with Crippen molar-refractivity contribution < 1.29 is 9.53 Å². The first-order valence-corrected chi connectivity index (χ1v) is 11.1. The molecule has 0 radical (unpaired) electrons. The van der Waals surface area contributed by atoms with Crippen LogP contribution in [0.5, 0.6) is 0 Å². The Bertz CT molecular complexity index is 532. The fraction of sp³-hybridized carbons (Fsp3) is 0.900. The quantitative estimate of drug-likeness (QED) is 0.638. The Hall–Kier alpha value is -0.390. The third-order valence-electron chi connectivity index (χ3n) is 6.69. The molecule has 140 valence electrons. The van der Waals surface area contributed by atoms with Gasteiger partial charge in [-0.2, -0.15) is 0 Å². The molecule has 25 heavy (non-hydrogen) atoms. The fourth-order valence-electron chi connectivity index (χ4n) is 5.27. The average Bonchev–Trinajstić information content (AvgIpc) is 3.29. The van der Waals surface area contributed by atoms with E-state index in [0.29, 0.717) is 6.61 Å². The van der Waals surface area contributed by atoms with Crippen molar-refractivity contribution in [3.63, 3.8) is 0 Å². The van der Waals surface area contributed by atoms with Crippen molar-refractivity contribution in [2.45, 2.75) is 69.6 Å². The van der Waals surface area contributed by atoms with Crippen LogP contribution in [0.1, 0.15) is 64.7 Å². The predicted octanol–water partition coefficient (Wildman–Crippen LogP) is 4.09. The number of carbonyl (C=O) groups is 1. The minimum absolute atomic E-state index is 0.0753. The summed E-state index contributed by atoms with van der Waals surface area (Å²) in [5.74, 6) is 2.53. The van der Waals surface area contributed by atoms with E-state index in [1.54, 1.807) is 11.8 Å². The Balaban J connectivity index is 1.20. The molecule has 0 spiro atoms. The molecule has 1 amide bonds. The minimum Gasteiger partial charge on any atom is -0.355 e. The Kier molecular flexibility index (Phi) is 5.54. The van der Waals surface area contributed by atoms with Gasteiger partial charge in [-0.05, 0) is 82.7 Å². The van der Waals surface area contributed by atoms with Crippen LogP contribution < -0.4 is 0 Å². The zero-order valence-corrected chi connectivity index (χ0v) is 16.4. The summed E-state index contributed by atoms with van der Waals surface area (Å²) in [5, 5.41) is 1.03. The highest BCUT2D eigenvalue weighted by molar-refractivity contribution is 8.16. The molecule has 4 rings (SSSR count). The maximum Gasteiger partial charge on any atom is 0.289 e. The standard InChI is InChI=1S/C20H32N2O2S/c1-20(24-11-5-10-22-8-3-2-4-9-22)19(23)21-18(25-20)14-17-13-15-6-7-16(17)12-15/h15-17H,2-14H2,1H3. The Morgan fingerprint density at radius 1 is 1.24 bits per heavy atom. The van der Waals surface area contributed by atoms with Crippen LogP contribution in [0.2, 0.25) is 0 Å². The van der Waals surface area contributed by atoms with Crippen LogP contribution in [-0.2, 0) is 9.53 Å². The molecular weight excluding hydrogens is 332 g/mol. The van der Waals surface area contributed by atoms with Crippen LogP contribution in [0.3, 0.4) is 0 Å². The summed E-state index contributed by atoms with van der Waals surface area (Å²) in [5.41, 5.74) is 0. The lowest BCUT2D eigenvalue weighted by molar-refractivity contribution is -0.130. The Morgan fingerprint density at radius 3 is 2.80 bits per heavy atom. The first kappa shape index (κ1) is 18.0. The third kappa shape index (κ3) is 4.14. The maximum atomic E-state index is 12.4. The first-order chi connectivity index (χ1) is 12.1. The van der Waals surface area contributed by atoms with E-state index in [1.165, 1.54) is 58.0 Å². The molecule has 2 heterocycles. The molecule has 0 aromatic rings. The zero-order chi connectivity index (χ0) is 17.3. The van der Waals surface area contributed by atoms with Crippen LogP contribution >= 0.6 is 11.8 Å². The molecule has 1 saturated heterocycles. The van der Waals surface area contributed by atoms with E-state index in [2.05, 4.69) is 9.89 Å². The fourth-order valence-corrected chi connectivity index (χ4v) is 6.42. The van der Waals surface area contributed by atoms with Crippen molar-refractivity contribution in [3.8, 4) is 0 Å². The second-order valence-electron chi connectivity index (χ2n) is 8.60. The Labute approximate surface area is 156 Å². The highest BCUT2D eigenvalue weighted by atomic mass is 32.2. The van der Waals surface area contributed by atoms with Gasteiger partial charge in [-0.15, -0.1) is 0 Å². The SMILES string of the molecule is CC1(OCCCN2CCCCC2)SC(CC2CC3CCC2C3)=NC1=O. The third-order valence-corrected chi connectivity index (χ3v) is 7.87. The maximum absolute atomic E-state index is 12.4. The number of hydrogen-bond acceptors (Lipinski definition) is 4. The smallest absolute Gasteiger partial charge is 0.289 e. The molecule has 3 fully saturated rings. The lowest BCUT2D eigenvalue weighted by Gasteiger charge is -2.27. The van der Waals surface area contributed by atoms with Crippen molar-refractivity contribution in [2.75, 3.05) is 26.2 Å². The van der Waals surface area contributed by atoms with Crippen LogP contribution in [0.4, 0.5) is 0 Å². The molecule has 0 aromatic heterocycles. The van der Waals surface area contributed by atoms with Crippen LogP contribution in [0.15, 0.2) is 4.99 Å². The molecule has 2 bridgehead atoms. The highest BCUT2D eigenvalue weighted by Gasteiger charge is 2.45. The summed E-state index contributed by atoms with van der Waals surface area (Å²) in [6.07, 6.45) is 11.6. The van der Waals surface area contributed by atoms with E-state index in [1.807, 2.05) is 6.92 Å². The van der Waals surface area contributed by atoms with Crippen molar-refractivity contribution in [1.29, 1.82) is 0 Å². The van der Waals surface area contributed by atoms with Gasteiger partial charge in [-0.1, -0.05) is 24.6 Å². The number of fused-ring (bicyclic) bond motifs is 2. The van der Waals surface area contributed by atoms with Gasteiger partial charge in [0.1, 0.15) is 0 Å². The molecule has 4 atom stereocenters. The van der Waals surface area contributed by atoms with Gasteiger partial charge in [0, 0.05) is 6.54 Å². The lowest BCUT2D eigenvalue weighted by Crippen LogP contribution is -2.34. The zero-order valence-electron chi connectivity index (χ0n) is 15.5. The van der Waals surface area contributed by atoms with Gasteiger partial charge in [-0.25, -0.2) is 4.99 Å². The number of amides is 1. The number of carbonyl (C=O) groups excluding carboxylic acids is 1. The summed E-state index contributed by atoms with van der Waals surface area (Å²) >= 11 is 1.59. The van der Waals surface area contributed by atoms with E-state index in [9.17, 15) is 4.79 Å². The molecule has 2 aliphatic carbocycles. The van der Waals surface area contributed by atoms with E-state index in [0.717, 1.165) is 42.2 Å². The molecule has 0 aromatic carbocycles. The molecule has 4 nitrogen and oxygen atoms in total. The average molecular weight is 365 g/mol. The monoisotopic (exact) mass is 364 g/mol. The number of thioether (sulfide) groups is 1. The number of hydrogen-bond donors (Lipinski definition) is 0. The van der Waals surface area contributed by atoms with Crippen molar-refractivity contribution >= 4 is 22.7 Å². The number of ether oxygens (including phenoxy) is 1. The summed E-state index contributed by atoms with van der Waals surface area (Å²) in [6.45, 7) is 6.11. The van der Waals surface area contributed by atoms with Crippen LogP contribution in [0, 0.1) is 17.8 Å². The minimum atomic E-state index is -0.769. The second-order valence-corrected chi connectivity index (χ2v) is 10.1. The van der Waals surface area contributed by atoms with Gasteiger partial charge in [0.25, 0.3) is 5.91 Å². The molecule has 2 aliphatic heterocycles. The van der Waals surface area contributed by atoms with Gasteiger partial charge in [0.15, 0.2) is 4.93 Å². The van der Waals surface area contributed by atoms with E-state index in [4.69, 9.17) is 4.74 Å². The van der Waals surface area contributed by atoms with Crippen molar-refractivity contribution in [1.82, 2.24) is 4.90 Å². The largest absolute Gasteiger partial charge is 0.355 e. The number of rotatable bonds is 7. The number of aliphatic imine (C=N–C) groups is 1. The number of likely N-dealkylation sites (tertiary alicyclic amines) is 1. The molecular formula is C20H32N2O2S. The highest BCUT2D eigenvalue weighted by Crippen LogP contribution is 2.51. The molecule has 4 aliphatic rings. The van der Waals surface area contributed by atoms with Crippen LogP contribution in [0.25, 0.3) is 0 Å². The molecule has 0 N–H and O–H groups in total. The first-order valence-electron chi connectivity index (χ1n) is 10.3. The summed E-state index contributed by atoms with van der Waals surface area (Å²) in [7, 11) is 0. The summed E-state index contributed by atoms with van der Waals surface area (Å²) in [4.78, 5) is 18.5. The van der Waals surface area contributed by atoms with Gasteiger partial charge in [-0.3, -0.25) is 4.79 Å². The second kappa shape index (κ2) is 7.69. The van der Waals surface area contributed by atoms with Gasteiger partial charge < -0.3 is 9.64 Å². The summed E-state index contributed by atoms with van der Waals surface area (Å²) in [6, 6.07) is 0. The van der Waals surface area contributed by atoms with E-state index < -0.39 is 4.93 Å².